The van der Waals surface area contributed by atoms with Gasteiger partial charge in [0, 0.05) is 25.4 Å². The fourth-order valence-corrected chi connectivity index (χ4v) is 3.05. The second-order valence-corrected chi connectivity index (χ2v) is 6.25. The second kappa shape index (κ2) is 6.08. The highest BCUT2D eigenvalue weighted by molar-refractivity contribution is 5.59. The van der Waals surface area contributed by atoms with Gasteiger partial charge in [-0.3, -0.25) is 4.68 Å². The SMILES string of the molecule is Cn1cc(C2(C)CN(c3cc(C#N)ccc3C(F)(F)F)CCO2)cn1. The number of benzene rings is 1. The van der Waals surface area contributed by atoms with Crippen molar-refractivity contribution in [2.75, 3.05) is 24.6 Å². The van der Waals surface area contributed by atoms with E-state index in [0.717, 1.165) is 11.6 Å². The highest BCUT2D eigenvalue weighted by Crippen LogP contribution is 2.39. The third kappa shape index (κ3) is 3.33. The molecule has 1 aliphatic heterocycles. The molecule has 132 valence electrons. The molecular weight excluding hydrogens is 333 g/mol. The molecule has 1 aliphatic rings. The lowest BCUT2D eigenvalue weighted by molar-refractivity contribution is -0.137. The fourth-order valence-electron chi connectivity index (χ4n) is 3.05. The monoisotopic (exact) mass is 350 g/mol. The van der Waals surface area contributed by atoms with E-state index in [9.17, 15) is 13.2 Å². The van der Waals surface area contributed by atoms with E-state index >= 15 is 0 Å². The van der Waals surface area contributed by atoms with E-state index in [1.54, 1.807) is 29.0 Å². The van der Waals surface area contributed by atoms with Gasteiger partial charge in [0.15, 0.2) is 0 Å². The van der Waals surface area contributed by atoms with Gasteiger partial charge in [-0.1, -0.05) is 0 Å². The number of ether oxygens (including phenoxy) is 1. The van der Waals surface area contributed by atoms with Crippen LogP contribution in [0.2, 0.25) is 0 Å². The van der Waals surface area contributed by atoms with Gasteiger partial charge >= 0.3 is 6.18 Å². The van der Waals surface area contributed by atoms with Crippen molar-refractivity contribution >= 4 is 5.69 Å². The zero-order chi connectivity index (χ0) is 18.2. The molecule has 0 spiro atoms. The number of anilines is 1. The van der Waals surface area contributed by atoms with Crippen LogP contribution in [-0.4, -0.2) is 29.5 Å². The minimum absolute atomic E-state index is 0.00460. The molecule has 2 heterocycles. The quantitative estimate of drug-likeness (QED) is 0.835. The van der Waals surface area contributed by atoms with Gasteiger partial charge in [0.25, 0.3) is 0 Å². The standard InChI is InChI=1S/C17H17F3N4O/c1-16(13-9-22-23(2)10-13)11-24(5-6-25-16)15-7-12(8-21)3-4-14(15)17(18,19)20/h3-4,7,9-10H,5-6,11H2,1-2H3. The van der Waals surface area contributed by atoms with Crippen LogP contribution in [0, 0.1) is 11.3 Å². The summed E-state index contributed by atoms with van der Waals surface area (Å²) in [5.74, 6) is 0. The molecule has 0 radical (unpaired) electrons. The van der Waals surface area contributed by atoms with E-state index in [-0.39, 0.29) is 24.4 Å². The van der Waals surface area contributed by atoms with Gasteiger partial charge in [-0.2, -0.15) is 23.5 Å². The number of aromatic nitrogens is 2. The van der Waals surface area contributed by atoms with Crippen LogP contribution in [0.4, 0.5) is 18.9 Å². The van der Waals surface area contributed by atoms with Crippen molar-refractivity contribution in [2.45, 2.75) is 18.7 Å². The van der Waals surface area contributed by atoms with Crippen molar-refractivity contribution in [3.8, 4) is 6.07 Å². The molecule has 0 bridgehead atoms. The summed E-state index contributed by atoms with van der Waals surface area (Å²) in [7, 11) is 1.77. The van der Waals surface area contributed by atoms with Gasteiger partial charge in [-0.25, -0.2) is 0 Å². The van der Waals surface area contributed by atoms with E-state index in [0.29, 0.717) is 6.54 Å². The van der Waals surface area contributed by atoms with Gasteiger partial charge in [-0.05, 0) is 25.1 Å². The maximum absolute atomic E-state index is 13.4. The Morgan fingerprint density at radius 3 is 2.72 bits per heavy atom. The first-order chi connectivity index (χ1) is 11.7. The summed E-state index contributed by atoms with van der Waals surface area (Å²) in [6.45, 7) is 2.65. The normalized spacial score (nSPS) is 21.2. The largest absolute Gasteiger partial charge is 0.418 e. The van der Waals surface area contributed by atoms with Crippen LogP contribution in [-0.2, 0) is 23.6 Å². The average molecular weight is 350 g/mol. The minimum Gasteiger partial charge on any atom is -0.367 e. The molecule has 8 heteroatoms. The number of hydrogen-bond acceptors (Lipinski definition) is 4. The Morgan fingerprint density at radius 1 is 1.36 bits per heavy atom. The molecule has 0 saturated carbocycles. The Balaban J connectivity index is 2.00. The topological polar surface area (TPSA) is 54.1 Å². The lowest BCUT2D eigenvalue weighted by Crippen LogP contribution is -2.48. The minimum atomic E-state index is -4.49. The van der Waals surface area contributed by atoms with Crippen LogP contribution >= 0.6 is 0 Å². The van der Waals surface area contributed by atoms with Crippen LogP contribution in [0.3, 0.4) is 0 Å². The average Bonchev–Trinajstić information content (AvgIpc) is 3.01. The molecule has 0 N–H and O–H groups in total. The van der Waals surface area contributed by atoms with Crippen LogP contribution in [0.5, 0.6) is 0 Å². The Bertz CT molecular complexity index is 824. The van der Waals surface area contributed by atoms with Gasteiger partial charge in [-0.15, -0.1) is 0 Å². The number of nitriles is 1. The number of nitrogens with zero attached hydrogens (tertiary/aromatic N) is 4. The molecule has 0 aliphatic carbocycles. The zero-order valence-electron chi connectivity index (χ0n) is 13.8. The van der Waals surface area contributed by atoms with Crippen LogP contribution in [0.15, 0.2) is 30.6 Å². The van der Waals surface area contributed by atoms with Gasteiger partial charge < -0.3 is 9.64 Å². The summed E-state index contributed by atoms with van der Waals surface area (Å²) in [5, 5.41) is 13.2. The Kier molecular flexibility index (Phi) is 4.21. The van der Waals surface area contributed by atoms with Gasteiger partial charge in [0.1, 0.15) is 5.60 Å². The van der Waals surface area contributed by atoms with Crippen molar-refractivity contribution in [3.63, 3.8) is 0 Å². The van der Waals surface area contributed by atoms with Crippen molar-refractivity contribution < 1.29 is 17.9 Å². The van der Waals surface area contributed by atoms with E-state index < -0.39 is 17.3 Å². The Labute approximate surface area is 143 Å². The van der Waals surface area contributed by atoms with Gasteiger partial charge in [0.05, 0.1) is 42.2 Å². The number of alkyl halides is 3. The molecular formula is C17H17F3N4O. The predicted octanol–water partition coefficient (Wildman–Crippen LogP) is 3.06. The first-order valence-electron chi connectivity index (χ1n) is 7.72. The van der Waals surface area contributed by atoms with E-state index in [4.69, 9.17) is 10.00 Å². The van der Waals surface area contributed by atoms with Crippen molar-refractivity contribution in [3.05, 3.63) is 47.3 Å². The zero-order valence-corrected chi connectivity index (χ0v) is 13.8. The number of halogens is 3. The molecule has 1 aromatic carbocycles. The summed E-state index contributed by atoms with van der Waals surface area (Å²) >= 11 is 0. The molecule has 2 aromatic rings. The highest BCUT2D eigenvalue weighted by atomic mass is 19.4. The maximum Gasteiger partial charge on any atom is 0.418 e. The molecule has 1 unspecified atom stereocenters. The fraction of sp³-hybridized carbons (Fsp3) is 0.412. The summed E-state index contributed by atoms with van der Waals surface area (Å²) in [6, 6.07) is 5.34. The number of hydrogen-bond donors (Lipinski definition) is 0. The number of morpholine rings is 1. The molecule has 1 fully saturated rings. The Hall–Kier alpha value is -2.53. The molecule has 1 aromatic heterocycles. The first-order valence-corrected chi connectivity index (χ1v) is 7.72. The van der Waals surface area contributed by atoms with Crippen LogP contribution in [0.1, 0.15) is 23.6 Å². The first kappa shape index (κ1) is 17.3. The third-order valence-corrected chi connectivity index (χ3v) is 4.36. The van der Waals surface area contributed by atoms with E-state index in [1.807, 2.05) is 13.0 Å². The maximum atomic E-state index is 13.4. The molecule has 25 heavy (non-hydrogen) atoms. The van der Waals surface area contributed by atoms with Gasteiger partial charge in [0.2, 0.25) is 0 Å². The van der Waals surface area contributed by atoms with E-state index in [1.165, 1.54) is 12.1 Å². The van der Waals surface area contributed by atoms with Crippen LogP contribution in [0.25, 0.3) is 0 Å². The lowest BCUT2D eigenvalue weighted by atomic mass is 9.96. The summed E-state index contributed by atoms with van der Waals surface area (Å²) in [5.41, 5.74) is -0.535. The molecule has 5 nitrogen and oxygen atoms in total. The highest BCUT2D eigenvalue weighted by Gasteiger charge is 2.39. The Morgan fingerprint density at radius 2 is 2.12 bits per heavy atom. The molecule has 1 atom stereocenters. The number of aryl methyl sites for hydroxylation is 1. The smallest absolute Gasteiger partial charge is 0.367 e. The summed E-state index contributed by atoms with van der Waals surface area (Å²) in [6.07, 6.45) is -1.05. The molecule has 1 saturated heterocycles. The van der Waals surface area contributed by atoms with Crippen molar-refractivity contribution in [1.82, 2.24) is 9.78 Å². The second-order valence-electron chi connectivity index (χ2n) is 6.25. The third-order valence-electron chi connectivity index (χ3n) is 4.36. The van der Waals surface area contributed by atoms with Crippen LogP contribution < -0.4 is 4.90 Å². The summed E-state index contributed by atoms with van der Waals surface area (Å²) in [4.78, 5) is 1.63. The van der Waals surface area contributed by atoms with Crippen molar-refractivity contribution in [2.24, 2.45) is 7.05 Å². The molecule has 0 amide bonds. The van der Waals surface area contributed by atoms with E-state index in [2.05, 4.69) is 5.10 Å². The summed E-state index contributed by atoms with van der Waals surface area (Å²) < 4.78 is 47.7. The number of rotatable bonds is 2. The predicted molar refractivity (Wildman–Crippen MR) is 84.9 cm³/mol. The lowest BCUT2D eigenvalue weighted by Gasteiger charge is -2.42. The molecule has 3 rings (SSSR count). The van der Waals surface area contributed by atoms with Crippen molar-refractivity contribution in [1.29, 1.82) is 5.26 Å².